The minimum atomic E-state index is -0.526. The molecule has 1 heterocycles. The summed E-state index contributed by atoms with van der Waals surface area (Å²) in [5.74, 6) is -0.337. The average molecular weight is 279 g/mol. The second kappa shape index (κ2) is 4.86. The van der Waals surface area contributed by atoms with Crippen molar-refractivity contribution in [3.63, 3.8) is 0 Å². The lowest BCUT2D eigenvalue weighted by molar-refractivity contribution is 0.100. The van der Waals surface area contributed by atoms with Crippen molar-refractivity contribution >= 4 is 16.9 Å². The first-order valence-corrected chi connectivity index (χ1v) is 6.41. The van der Waals surface area contributed by atoms with Crippen molar-refractivity contribution < 1.29 is 9.90 Å². The molecule has 21 heavy (non-hydrogen) atoms. The summed E-state index contributed by atoms with van der Waals surface area (Å²) in [5, 5.41) is 9.88. The lowest BCUT2D eigenvalue weighted by Gasteiger charge is -2.11. The number of hydrogen-bond donors (Lipinski definition) is 2. The van der Waals surface area contributed by atoms with E-state index < -0.39 is 5.91 Å². The van der Waals surface area contributed by atoms with Crippen LogP contribution in [0, 0.1) is 6.92 Å². The highest BCUT2D eigenvalue weighted by atomic mass is 16.3. The third kappa shape index (κ3) is 2.18. The van der Waals surface area contributed by atoms with Gasteiger partial charge in [-0.25, -0.2) is 0 Å². The summed E-state index contributed by atoms with van der Waals surface area (Å²) < 4.78 is 0. The maximum absolute atomic E-state index is 11.5. The third-order valence-corrected chi connectivity index (χ3v) is 3.45. The summed E-state index contributed by atoms with van der Waals surface area (Å²) in [5.41, 5.74) is 9.23. The number of aromatic nitrogens is 2. The summed E-state index contributed by atoms with van der Waals surface area (Å²) in [4.78, 5) is 20.1. The number of carbonyl (C=O) groups excluding carboxylic acids is 1. The zero-order valence-electron chi connectivity index (χ0n) is 11.4. The van der Waals surface area contributed by atoms with E-state index >= 15 is 0 Å². The maximum atomic E-state index is 11.5. The molecule has 0 aliphatic heterocycles. The second-order valence-electron chi connectivity index (χ2n) is 4.76. The lowest BCUT2D eigenvalue weighted by atomic mass is 9.96. The lowest BCUT2D eigenvalue weighted by Crippen LogP contribution is -2.11. The van der Waals surface area contributed by atoms with Gasteiger partial charge < -0.3 is 10.8 Å². The molecule has 3 N–H and O–H groups in total. The van der Waals surface area contributed by atoms with E-state index in [0.29, 0.717) is 22.2 Å². The maximum Gasteiger partial charge on any atom is 0.248 e. The number of phenols is 1. The SMILES string of the molecule is Cc1c(O)cccc1-c1cc(C(N)=O)cc2nccnc12. The van der Waals surface area contributed by atoms with Crippen molar-refractivity contribution in [1.29, 1.82) is 0 Å². The van der Waals surface area contributed by atoms with Gasteiger partial charge in [-0.3, -0.25) is 14.8 Å². The molecule has 0 unspecified atom stereocenters. The summed E-state index contributed by atoms with van der Waals surface area (Å²) >= 11 is 0. The molecule has 0 fully saturated rings. The van der Waals surface area contributed by atoms with E-state index in [1.54, 1.807) is 36.7 Å². The second-order valence-corrected chi connectivity index (χ2v) is 4.76. The van der Waals surface area contributed by atoms with Crippen LogP contribution in [0.2, 0.25) is 0 Å². The normalized spacial score (nSPS) is 10.7. The molecule has 0 bridgehead atoms. The topological polar surface area (TPSA) is 89.1 Å². The van der Waals surface area contributed by atoms with Crippen molar-refractivity contribution in [3.05, 3.63) is 53.9 Å². The number of aromatic hydroxyl groups is 1. The Bertz CT molecular complexity index is 859. The van der Waals surface area contributed by atoms with E-state index in [4.69, 9.17) is 5.73 Å². The van der Waals surface area contributed by atoms with Crippen LogP contribution in [-0.4, -0.2) is 21.0 Å². The van der Waals surface area contributed by atoms with Crippen molar-refractivity contribution in [2.45, 2.75) is 6.92 Å². The third-order valence-electron chi connectivity index (χ3n) is 3.45. The number of hydrogen-bond acceptors (Lipinski definition) is 4. The van der Waals surface area contributed by atoms with E-state index in [1.807, 2.05) is 13.0 Å². The zero-order chi connectivity index (χ0) is 15.0. The van der Waals surface area contributed by atoms with E-state index in [2.05, 4.69) is 9.97 Å². The Morgan fingerprint density at radius 3 is 2.67 bits per heavy atom. The van der Waals surface area contributed by atoms with E-state index in [0.717, 1.165) is 11.1 Å². The summed E-state index contributed by atoms with van der Waals surface area (Å²) in [6.45, 7) is 1.81. The van der Waals surface area contributed by atoms with Crippen molar-refractivity contribution in [2.24, 2.45) is 5.73 Å². The van der Waals surface area contributed by atoms with E-state index in [1.165, 1.54) is 0 Å². The van der Waals surface area contributed by atoms with Crippen LogP contribution in [0.4, 0.5) is 0 Å². The minimum absolute atomic E-state index is 0.189. The summed E-state index contributed by atoms with van der Waals surface area (Å²) in [6, 6.07) is 8.53. The van der Waals surface area contributed by atoms with Crippen molar-refractivity contribution in [2.75, 3.05) is 0 Å². The number of amides is 1. The van der Waals surface area contributed by atoms with Crippen LogP contribution >= 0.6 is 0 Å². The van der Waals surface area contributed by atoms with Gasteiger partial charge in [0.1, 0.15) is 5.75 Å². The molecule has 1 aromatic heterocycles. The highest BCUT2D eigenvalue weighted by molar-refractivity contribution is 6.02. The molecule has 0 radical (unpaired) electrons. The Morgan fingerprint density at radius 1 is 1.14 bits per heavy atom. The standard InChI is InChI=1S/C16H13N3O2/c1-9-11(3-2-4-14(9)20)12-7-10(16(17)21)8-13-15(12)19-6-5-18-13/h2-8,20H,1H3,(H2,17,21). The molecular formula is C16H13N3O2. The number of nitrogens with two attached hydrogens (primary N) is 1. The molecule has 0 saturated heterocycles. The first-order valence-electron chi connectivity index (χ1n) is 6.41. The predicted octanol–water partition coefficient (Wildman–Crippen LogP) is 2.41. The molecule has 0 spiro atoms. The van der Waals surface area contributed by atoms with E-state index in [9.17, 15) is 9.90 Å². The molecule has 2 aromatic carbocycles. The Morgan fingerprint density at radius 2 is 1.90 bits per heavy atom. The van der Waals surface area contributed by atoms with Crippen LogP contribution < -0.4 is 5.73 Å². The van der Waals surface area contributed by atoms with Crippen molar-refractivity contribution in [3.8, 4) is 16.9 Å². The molecule has 1 amide bonds. The van der Waals surface area contributed by atoms with Gasteiger partial charge in [-0.1, -0.05) is 12.1 Å². The minimum Gasteiger partial charge on any atom is -0.508 e. The molecule has 104 valence electrons. The number of rotatable bonds is 2. The van der Waals surface area contributed by atoms with Gasteiger partial charge in [0.15, 0.2) is 0 Å². The number of nitrogens with zero attached hydrogens (tertiary/aromatic N) is 2. The molecule has 0 aliphatic rings. The van der Waals surface area contributed by atoms with Crippen molar-refractivity contribution in [1.82, 2.24) is 9.97 Å². The van der Waals surface area contributed by atoms with Gasteiger partial charge in [0.05, 0.1) is 11.0 Å². The first-order chi connectivity index (χ1) is 10.1. The molecular weight excluding hydrogens is 266 g/mol. The van der Waals surface area contributed by atoms with Crippen LogP contribution in [0.1, 0.15) is 15.9 Å². The predicted molar refractivity (Wildman–Crippen MR) is 79.9 cm³/mol. The van der Waals surface area contributed by atoms with Gasteiger partial charge in [-0.2, -0.15) is 0 Å². The number of carbonyl (C=O) groups is 1. The van der Waals surface area contributed by atoms with Gasteiger partial charge in [0, 0.05) is 23.5 Å². The van der Waals surface area contributed by atoms with Gasteiger partial charge in [0.2, 0.25) is 5.91 Å². The molecule has 5 heteroatoms. The fourth-order valence-corrected chi connectivity index (χ4v) is 2.34. The number of fused-ring (bicyclic) bond motifs is 1. The Labute approximate surface area is 121 Å². The molecule has 0 atom stereocenters. The molecule has 3 rings (SSSR count). The Balaban J connectivity index is 2.40. The zero-order valence-corrected chi connectivity index (χ0v) is 11.4. The van der Waals surface area contributed by atoms with Crippen LogP contribution in [-0.2, 0) is 0 Å². The average Bonchev–Trinajstić information content (AvgIpc) is 2.49. The number of phenolic OH excluding ortho intramolecular Hbond substituents is 1. The van der Waals surface area contributed by atoms with Crippen LogP contribution in [0.5, 0.6) is 5.75 Å². The number of primary amides is 1. The van der Waals surface area contributed by atoms with Gasteiger partial charge in [0.25, 0.3) is 0 Å². The van der Waals surface area contributed by atoms with Gasteiger partial charge in [-0.15, -0.1) is 0 Å². The molecule has 3 aromatic rings. The smallest absolute Gasteiger partial charge is 0.248 e. The monoisotopic (exact) mass is 279 g/mol. The Hall–Kier alpha value is -2.95. The van der Waals surface area contributed by atoms with E-state index in [-0.39, 0.29) is 5.75 Å². The fraction of sp³-hybridized carbons (Fsp3) is 0.0625. The molecule has 5 nitrogen and oxygen atoms in total. The van der Waals surface area contributed by atoms with Gasteiger partial charge >= 0.3 is 0 Å². The largest absolute Gasteiger partial charge is 0.508 e. The summed E-state index contributed by atoms with van der Waals surface area (Å²) in [7, 11) is 0. The Kier molecular flexibility index (Phi) is 3.02. The fourth-order valence-electron chi connectivity index (χ4n) is 2.34. The summed E-state index contributed by atoms with van der Waals surface area (Å²) in [6.07, 6.45) is 3.15. The van der Waals surface area contributed by atoms with Crippen LogP contribution in [0.15, 0.2) is 42.7 Å². The molecule has 0 aliphatic carbocycles. The van der Waals surface area contributed by atoms with Crippen LogP contribution in [0.3, 0.4) is 0 Å². The van der Waals surface area contributed by atoms with Crippen LogP contribution in [0.25, 0.3) is 22.2 Å². The first kappa shape index (κ1) is 13.1. The van der Waals surface area contributed by atoms with Gasteiger partial charge in [-0.05, 0) is 36.2 Å². The molecule has 0 saturated carbocycles. The quantitative estimate of drug-likeness (QED) is 0.753. The highest BCUT2D eigenvalue weighted by Crippen LogP contribution is 2.33. The highest BCUT2D eigenvalue weighted by Gasteiger charge is 2.14. The number of benzene rings is 2.